The molecule has 6 nitrogen and oxygen atoms in total. The minimum atomic E-state index is -0.571. The molecule has 0 aliphatic rings. The van der Waals surface area contributed by atoms with Crippen molar-refractivity contribution in [1.82, 2.24) is 4.98 Å². The van der Waals surface area contributed by atoms with Gasteiger partial charge in [-0.3, -0.25) is 5.32 Å². The van der Waals surface area contributed by atoms with Gasteiger partial charge in [-0.05, 0) is 48.4 Å². The van der Waals surface area contributed by atoms with E-state index in [1.807, 2.05) is 19.1 Å². The lowest BCUT2D eigenvalue weighted by Crippen LogP contribution is -2.16. The van der Waals surface area contributed by atoms with Crippen LogP contribution in [0.25, 0.3) is 11.3 Å². The highest BCUT2D eigenvalue weighted by Gasteiger charge is 2.14. The Labute approximate surface area is 150 Å². The Morgan fingerprint density at radius 2 is 1.81 bits per heavy atom. The number of methoxy groups -OCH3 is 1. The van der Waals surface area contributed by atoms with Gasteiger partial charge in [-0.15, -0.1) is 0 Å². The molecule has 132 valence electrons. The number of hydrogen-bond acceptors (Lipinski definition) is 4. The van der Waals surface area contributed by atoms with Crippen LogP contribution in [0.3, 0.4) is 0 Å². The zero-order valence-corrected chi connectivity index (χ0v) is 14.4. The van der Waals surface area contributed by atoms with Crippen molar-refractivity contribution < 1.29 is 19.1 Å². The number of carbonyl (C=O) groups is 2. The first kappa shape index (κ1) is 17.3. The highest BCUT2D eigenvalue weighted by molar-refractivity contribution is 5.96. The van der Waals surface area contributed by atoms with Crippen molar-refractivity contribution in [3.63, 3.8) is 0 Å². The molecule has 1 aromatic heterocycles. The number of nitrogens with one attached hydrogen (secondary N) is 2. The molecule has 0 radical (unpaired) electrons. The fourth-order valence-corrected chi connectivity index (χ4v) is 2.54. The van der Waals surface area contributed by atoms with Gasteiger partial charge < -0.3 is 14.5 Å². The quantitative estimate of drug-likeness (QED) is 0.684. The summed E-state index contributed by atoms with van der Waals surface area (Å²) in [6, 6.07) is 15.9. The smallest absolute Gasteiger partial charge is 0.417 e. The molecule has 0 unspecified atom stereocenters. The topological polar surface area (TPSA) is 80.4 Å². The van der Waals surface area contributed by atoms with E-state index in [-0.39, 0.29) is 0 Å². The number of amides is 1. The van der Waals surface area contributed by atoms with Crippen molar-refractivity contribution in [2.75, 3.05) is 12.4 Å². The van der Waals surface area contributed by atoms with Crippen LogP contribution < -0.4 is 10.1 Å². The summed E-state index contributed by atoms with van der Waals surface area (Å²) in [6.07, 6.45) is 1.10. The minimum Gasteiger partial charge on any atom is -0.465 e. The summed E-state index contributed by atoms with van der Waals surface area (Å²) in [4.78, 5) is 26.8. The summed E-state index contributed by atoms with van der Waals surface area (Å²) in [5.41, 5.74) is 3.50. The number of ether oxygens (including phenoxy) is 2. The van der Waals surface area contributed by atoms with Crippen molar-refractivity contribution in [3.05, 3.63) is 71.9 Å². The Morgan fingerprint density at radius 3 is 2.50 bits per heavy atom. The van der Waals surface area contributed by atoms with Crippen LogP contribution in [0.4, 0.5) is 10.5 Å². The number of esters is 1. The van der Waals surface area contributed by atoms with Crippen LogP contribution in [0.1, 0.15) is 15.9 Å². The normalized spacial score (nSPS) is 10.2. The average Bonchev–Trinajstić information content (AvgIpc) is 3.11. The molecule has 1 amide bonds. The highest BCUT2D eigenvalue weighted by Crippen LogP contribution is 2.24. The lowest BCUT2D eigenvalue weighted by atomic mass is 10.1. The molecule has 0 aliphatic heterocycles. The maximum Gasteiger partial charge on any atom is 0.417 e. The van der Waals surface area contributed by atoms with Gasteiger partial charge in [0.15, 0.2) is 0 Å². The third-order valence-corrected chi connectivity index (χ3v) is 3.77. The minimum absolute atomic E-state index is 0.412. The predicted molar refractivity (Wildman–Crippen MR) is 98.4 cm³/mol. The molecule has 0 saturated heterocycles. The van der Waals surface area contributed by atoms with E-state index in [2.05, 4.69) is 10.3 Å². The van der Waals surface area contributed by atoms with Gasteiger partial charge in [-0.2, -0.15) is 0 Å². The molecular formula is C20H18N2O4. The van der Waals surface area contributed by atoms with Crippen LogP contribution in [-0.4, -0.2) is 24.2 Å². The second kappa shape index (κ2) is 7.57. The van der Waals surface area contributed by atoms with E-state index in [1.54, 1.807) is 48.7 Å². The third kappa shape index (κ3) is 3.92. The Hall–Kier alpha value is -3.54. The molecule has 0 bridgehead atoms. The molecular weight excluding hydrogens is 332 g/mol. The van der Waals surface area contributed by atoms with Crippen molar-refractivity contribution in [1.29, 1.82) is 0 Å². The molecule has 3 aromatic rings. The Morgan fingerprint density at radius 1 is 1.04 bits per heavy atom. The number of anilines is 1. The van der Waals surface area contributed by atoms with E-state index < -0.39 is 12.1 Å². The number of benzene rings is 2. The molecule has 1 heterocycles. The van der Waals surface area contributed by atoms with Crippen molar-refractivity contribution in [2.24, 2.45) is 0 Å². The molecule has 26 heavy (non-hydrogen) atoms. The van der Waals surface area contributed by atoms with Crippen molar-refractivity contribution in [3.8, 4) is 17.0 Å². The molecule has 0 spiro atoms. The fourth-order valence-electron chi connectivity index (χ4n) is 2.54. The molecule has 2 aromatic carbocycles. The number of aromatic nitrogens is 1. The van der Waals surface area contributed by atoms with Gasteiger partial charge in [0.25, 0.3) is 0 Å². The second-order valence-corrected chi connectivity index (χ2v) is 5.67. The van der Waals surface area contributed by atoms with Gasteiger partial charge in [-0.25, -0.2) is 9.59 Å². The van der Waals surface area contributed by atoms with Gasteiger partial charge in [-0.1, -0.05) is 24.3 Å². The van der Waals surface area contributed by atoms with Crippen LogP contribution in [0.5, 0.6) is 5.75 Å². The van der Waals surface area contributed by atoms with E-state index in [0.717, 1.165) is 11.1 Å². The van der Waals surface area contributed by atoms with E-state index in [9.17, 15) is 9.59 Å². The van der Waals surface area contributed by atoms with Gasteiger partial charge in [0.2, 0.25) is 0 Å². The highest BCUT2D eigenvalue weighted by atomic mass is 16.6. The average molecular weight is 350 g/mol. The maximum atomic E-state index is 12.0. The largest absolute Gasteiger partial charge is 0.465 e. The van der Waals surface area contributed by atoms with Crippen molar-refractivity contribution in [2.45, 2.75) is 6.92 Å². The van der Waals surface area contributed by atoms with Gasteiger partial charge in [0.05, 0.1) is 18.4 Å². The molecule has 0 fully saturated rings. The van der Waals surface area contributed by atoms with E-state index in [4.69, 9.17) is 9.47 Å². The number of hydrogen-bond donors (Lipinski definition) is 2. The Balaban J connectivity index is 1.69. The number of rotatable bonds is 4. The van der Waals surface area contributed by atoms with Crippen LogP contribution in [0, 0.1) is 6.92 Å². The number of aromatic amines is 1. The van der Waals surface area contributed by atoms with Crippen LogP contribution >= 0.6 is 0 Å². The first-order valence-corrected chi connectivity index (χ1v) is 7.98. The summed E-state index contributed by atoms with van der Waals surface area (Å²) < 4.78 is 10.0. The summed E-state index contributed by atoms with van der Waals surface area (Å²) in [5.74, 6) is 0.0680. The van der Waals surface area contributed by atoms with Gasteiger partial charge in [0.1, 0.15) is 5.75 Å². The Bertz CT molecular complexity index is 929. The van der Waals surface area contributed by atoms with E-state index in [1.165, 1.54) is 7.11 Å². The standard InChI is InChI=1S/C20H18N2O4/c1-13-4-3-5-16(12-13)26-20(24)22-15-8-6-14(7-9-15)18-17(10-11-21-18)19(23)25-2/h3-12,21H,1-2H3,(H,22,24). The summed E-state index contributed by atoms with van der Waals surface area (Å²) in [5, 5.41) is 2.67. The number of aryl methyl sites for hydroxylation is 1. The molecule has 2 N–H and O–H groups in total. The van der Waals surface area contributed by atoms with Crippen LogP contribution in [0.2, 0.25) is 0 Å². The predicted octanol–water partition coefficient (Wildman–Crippen LogP) is 4.39. The summed E-state index contributed by atoms with van der Waals surface area (Å²) in [7, 11) is 1.34. The van der Waals surface area contributed by atoms with E-state index in [0.29, 0.717) is 22.7 Å². The lowest BCUT2D eigenvalue weighted by Gasteiger charge is -2.08. The lowest BCUT2D eigenvalue weighted by molar-refractivity contribution is 0.0602. The summed E-state index contributed by atoms with van der Waals surface area (Å²) >= 11 is 0. The van der Waals surface area contributed by atoms with Crippen molar-refractivity contribution >= 4 is 17.7 Å². The number of carbonyl (C=O) groups excluding carboxylic acids is 2. The Kier molecular flexibility index (Phi) is 5.03. The molecule has 6 heteroatoms. The first-order valence-electron chi connectivity index (χ1n) is 7.98. The maximum absolute atomic E-state index is 12.0. The van der Waals surface area contributed by atoms with Crippen LogP contribution in [0.15, 0.2) is 60.8 Å². The van der Waals surface area contributed by atoms with Gasteiger partial charge >= 0.3 is 12.1 Å². The zero-order valence-electron chi connectivity index (χ0n) is 14.4. The SMILES string of the molecule is COC(=O)c1cc[nH]c1-c1ccc(NC(=O)Oc2cccc(C)c2)cc1. The van der Waals surface area contributed by atoms with E-state index >= 15 is 0 Å². The molecule has 0 atom stereocenters. The fraction of sp³-hybridized carbons (Fsp3) is 0.100. The third-order valence-electron chi connectivity index (χ3n) is 3.77. The monoisotopic (exact) mass is 350 g/mol. The molecule has 3 rings (SSSR count). The van der Waals surface area contributed by atoms with Gasteiger partial charge in [0, 0.05) is 11.9 Å². The molecule has 0 saturated carbocycles. The first-order chi connectivity index (χ1) is 12.6. The number of H-pyrrole nitrogens is 1. The zero-order chi connectivity index (χ0) is 18.5. The van der Waals surface area contributed by atoms with Crippen LogP contribution in [-0.2, 0) is 4.74 Å². The molecule has 0 aliphatic carbocycles. The second-order valence-electron chi connectivity index (χ2n) is 5.67. The summed E-state index contributed by atoms with van der Waals surface area (Å²) in [6.45, 7) is 1.92.